The Hall–Kier alpha value is -2.14. The van der Waals surface area contributed by atoms with Gasteiger partial charge < -0.3 is 9.47 Å². The second-order valence-electron chi connectivity index (χ2n) is 5.99. The van der Waals surface area contributed by atoms with Crippen LogP contribution in [0, 0.1) is 5.82 Å². The lowest BCUT2D eigenvalue weighted by Crippen LogP contribution is -2.08. The molecule has 0 spiro atoms. The van der Waals surface area contributed by atoms with E-state index in [9.17, 15) is 4.39 Å². The summed E-state index contributed by atoms with van der Waals surface area (Å²) in [6.07, 6.45) is 4.47. The second-order valence-corrected chi connectivity index (χ2v) is 6.90. The Labute approximate surface area is 149 Å². The van der Waals surface area contributed by atoms with Gasteiger partial charge in [0.15, 0.2) is 0 Å². The molecule has 0 unspecified atom stereocenters. The van der Waals surface area contributed by atoms with Gasteiger partial charge in [0.1, 0.15) is 11.6 Å². The maximum Gasteiger partial charge on any atom is 0.124 e. The molecule has 0 atom stereocenters. The Balaban J connectivity index is 1.77. The zero-order chi connectivity index (χ0) is 17.1. The van der Waals surface area contributed by atoms with Gasteiger partial charge in [0.2, 0.25) is 0 Å². The van der Waals surface area contributed by atoms with E-state index in [-0.39, 0.29) is 5.82 Å². The molecule has 0 saturated carbocycles. The van der Waals surface area contributed by atoms with Crippen molar-refractivity contribution in [3.63, 3.8) is 0 Å². The van der Waals surface area contributed by atoms with Crippen molar-refractivity contribution < 1.29 is 4.39 Å². The summed E-state index contributed by atoms with van der Waals surface area (Å²) in [5.41, 5.74) is 3.28. The molecule has 5 heteroatoms. The first kappa shape index (κ1) is 16.7. The van der Waals surface area contributed by atoms with Gasteiger partial charge in [0.05, 0.1) is 0 Å². The average Bonchev–Trinajstić information content (AvgIpc) is 2.93. The summed E-state index contributed by atoms with van der Waals surface area (Å²) in [6, 6.07) is 13.4. The van der Waals surface area contributed by atoms with Gasteiger partial charge in [-0.05, 0) is 41.5 Å². The number of nitrogens with zero attached hydrogens (tertiary/aromatic N) is 3. The van der Waals surface area contributed by atoms with Crippen LogP contribution < -0.4 is 4.90 Å². The van der Waals surface area contributed by atoms with Gasteiger partial charge in [-0.25, -0.2) is 9.37 Å². The van der Waals surface area contributed by atoms with Crippen LogP contribution in [0.1, 0.15) is 17.0 Å². The highest BCUT2D eigenvalue weighted by atomic mass is 79.9. The molecule has 0 aliphatic carbocycles. The molecule has 2 aromatic carbocycles. The topological polar surface area (TPSA) is 21.1 Å². The number of rotatable bonds is 5. The van der Waals surface area contributed by atoms with Gasteiger partial charge in [0.25, 0.3) is 0 Å². The van der Waals surface area contributed by atoms with Crippen molar-refractivity contribution in [2.45, 2.75) is 13.0 Å². The number of hydrogen-bond donors (Lipinski definition) is 0. The fourth-order valence-corrected chi connectivity index (χ4v) is 3.16. The van der Waals surface area contributed by atoms with Crippen LogP contribution in [0.4, 0.5) is 10.1 Å². The van der Waals surface area contributed by atoms with E-state index in [1.165, 1.54) is 17.3 Å². The lowest BCUT2D eigenvalue weighted by atomic mass is 10.1. The van der Waals surface area contributed by atoms with E-state index in [0.29, 0.717) is 6.54 Å². The Morgan fingerprint density at radius 3 is 2.50 bits per heavy atom. The van der Waals surface area contributed by atoms with E-state index in [4.69, 9.17) is 0 Å². The molecule has 0 fully saturated rings. The summed E-state index contributed by atoms with van der Waals surface area (Å²) in [5.74, 6) is 0.730. The molecule has 3 nitrogen and oxygen atoms in total. The Morgan fingerprint density at radius 2 is 1.83 bits per heavy atom. The molecule has 124 valence electrons. The molecule has 0 N–H and O–H groups in total. The van der Waals surface area contributed by atoms with Crippen LogP contribution in [0.25, 0.3) is 0 Å². The highest BCUT2D eigenvalue weighted by molar-refractivity contribution is 9.10. The average molecular weight is 388 g/mol. The number of hydrogen-bond acceptors (Lipinski definition) is 2. The number of imidazole rings is 1. The van der Waals surface area contributed by atoms with Crippen LogP contribution >= 0.6 is 15.9 Å². The maximum atomic E-state index is 13.5. The molecule has 0 aliphatic rings. The quantitative estimate of drug-likeness (QED) is 0.642. The molecule has 0 saturated heterocycles. The number of halogens is 2. The van der Waals surface area contributed by atoms with E-state index < -0.39 is 0 Å². The summed E-state index contributed by atoms with van der Waals surface area (Å²) in [4.78, 5) is 6.53. The molecule has 1 aromatic heterocycles. The maximum absolute atomic E-state index is 13.5. The van der Waals surface area contributed by atoms with Gasteiger partial charge in [-0.1, -0.05) is 28.1 Å². The van der Waals surface area contributed by atoms with Crippen molar-refractivity contribution in [3.8, 4) is 0 Å². The SMILES string of the molecule is CN(C)c1ccc(Cc2nccn2Cc2cc(F)cc(Br)c2)cc1. The molecule has 0 radical (unpaired) electrons. The molecular weight excluding hydrogens is 369 g/mol. The molecule has 24 heavy (non-hydrogen) atoms. The standard InChI is InChI=1S/C19H19BrFN3/c1-23(2)18-5-3-14(4-6-18)11-19-22-7-8-24(19)13-15-9-16(20)12-17(21)10-15/h3-10,12H,11,13H2,1-2H3. The van der Waals surface area contributed by atoms with E-state index in [0.717, 1.165) is 22.3 Å². The first-order valence-electron chi connectivity index (χ1n) is 7.72. The molecule has 3 rings (SSSR count). The van der Waals surface area contributed by atoms with Crippen molar-refractivity contribution in [3.05, 3.63) is 82.1 Å². The normalized spacial score (nSPS) is 10.8. The van der Waals surface area contributed by atoms with E-state index >= 15 is 0 Å². The van der Waals surface area contributed by atoms with Crippen LogP contribution in [-0.2, 0) is 13.0 Å². The minimum Gasteiger partial charge on any atom is -0.378 e. The lowest BCUT2D eigenvalue weighted by Gasteiger charge is -2.13. The summed E-state index contributed by atoms with van der Waals surface area (Å²) >= 11 is 3.34. The van der Waals surface area contributed by atoms with Crippen LogP contribution in [0.15, 0.2) is 59.3 Å². The smallest absolute Gasteiger partial charge is 0.124 e. The minimum atomic E-state index is -0.236. The van der Waals surface area contributed by atoms with Crippen molar-refractivity contribution in [1.29, 1.82) is 0 Å². The highest BCUT2D eigenvalue weighted by Gasteiger charge is 2.07. The summed E-state index contributed by atoms with van der Waals surface area (Å²) < 4.78 is 16.4. The van der Waals surface area contributed by atoms with Crippen molar-refractivity contribution >= 4 is 21.6 Å². The minimum absolute atomic E-state index is 0.236. The Kier molecular flexibility index (Phi) is 5.00. The highest BCUT2D eigenvalue weighted by Crippen LogP contribution is 2.18. The molecule has 1 heterocycles. The van der Waals surface area contributed by atoms with E-state index in [1.54, 1.807) is 12.3 Å². The monoisotopic (exact) mass is 387 g/mol. The Bertz CT molecular complexity index is 805. The van der Waals surface area contributed by atoms with Gasteiger partial charge in [-0.3, -0.25) is 0 Å². The fourth-order valence-electron chi connectivity index (χ4n) is 2.64. The fraction of sp³-hybridized carbons (Fsp3) is 0.211. The van der Waals surface area contributed by atoms with Crippen molar-refractivity contribution in [1.82, 2.24) is 9.55 Å². The third kappa shape index (κ3) is 4.03. The van der Waals surface area contributed by atoms with Gasteiger partial charge in [0, 0.05) is 49.6 Å². The zero-order valence-electron chi connectivity index (χ0n) is 13.7. The van der Waals surface area contributed by atoms with Gasteiger partial charge in [-0.2, -0.15) is 0 Å². The van der Waals surface area contributed by atoms with E-state index in [2.05, 4.69) is 54.6 Å². The molecular formula is C19H19BrFN3. The number of anilines is 1. The zero-order valence-corrected chi connectivity index (χ0v) is 15.3. The summed E-state index contributed by atoms with van der Waals surface area (Å²) in [5, 5.41) is 0. The molecule has 3 aromatic rings. The molecule has 0 bridgehead atoms. The van der Waals surface area contributed by atoms with Gasteiger partial charge >= 0.3 is 0 Å². The molecule has 0 aliphatic heterocycles. The van der Waals surface area contributed by atoms with Crippen LogP contribution in [-0.4, -0.2) is 23.6 Å². The number of benzene rings is 2. The second kappa shape index (κ2) is 7.18. The first-order chi connectivity index (χ1) is 11.5. The van der Waals surface area contributed by atoms with Crippen LogP contribution in [0.3, 0.4) is 0 Å². The van der Waals surface area contributed by atoms with E-state index in [1.807, 2.05) is 26.4 Å². The predicted molar refractivity (Wildman–Crippen MR) is 99.0 cm³/mol. The summed E-state index contributed by atoms with van der Waals surface area (Å²) in [7, 11) is 4.05. The van der Waals surface area contributed by atoms with Gasteiger partial charge in [-0.15, -0.1) is 0 Å². The first-order valence-corrected chi connectivity index (χ1v) is 8.52. The number of aromatic nitrogens is 2. The predicted octanol–water partition coefficient (Wildman–Crippen LogP) is 4.49. The Morgan fingerprint density at radius 1 is 1.08 bits per heavy atom. The third-order valence-corrected chi connectivity index (χ3v) is 4.35. The third-order valence-electron chi connectivity index (χ3n) is 3.89. The summed E-state index contributed by atoms with van der Waals surface area (Å²) in [6.45, 7) is 0.599. The largest absolute Gasteiger partial charge is 0.378 e. The molecule has 0 amide bonds. The van der Waals surface area contributed by atoms with Crippen LogP contribution in [0.2, 0.25) is 0 Å². The van der Waals surface area contributed by atoms with Crippen LogP contribution in [0.5, 0.6) is 0 Å². The lowest BCUT2D eigenvalue weighted by molar-refractivity contribution is 0.621. The van der Waals surface area contributed by atoms with Crippen molar-refractivity contribution in [2.24, 2.45) is 0 Å². The van der Waals surface area contributed by atoms with Crippen molar-refractivity contribution in [2.75, 3.05) is 19.0 Å².